The molecule has 1 N–H and O–H groups in total. The normalized spacial score (nSPS) is 14.2. The molecule has 1 saturated heterocycles. The third-order valence-corrected chi connectivity index (χ3v) is 13.0. The Labute approximate surface area is 501 Å². The standard InChI is InChI=1S/C15H10BrF4N5O.C14H8BrF4NO.C13H6BrF4NO.C5H3Br2N.C4H10O.CH4.FH/c16-9-1-4-13(21-6-9)15(19,20)14(26,7-25-8-22-23-24-25)11-3-2-10(17)5-12(11)18;15-8-1-4-12(20-6-8)14(18,19)13(7-21-13)10-3-2-9(16)5-11(10)17;14-7-1-4-11(19-6-7)13(17,18)12(20)9-3-2-8(15)5-10(9)16;6-4-1-2-5(7)8-3-4;1-3-5-4-2;;/h1-6,8,26H,7H2;1-6H,7H2;1-6H;1-3H;3-4H2,1-2H3;1H4;1H. The Hall–Kier alpha value is -5.63. The highest BCUT2D eigenvalue weighted by atomic mass is 79.9. The summed E-state index contributed by atoms with van der Waals surface area (Å²) >= 11 is 15.7. The fourth-order valence-corrected chi connectivity index (χ4v) is 7.86. The second kappa shape index (κ2) is 30.8. The van der Waals surface area contributed by atoms with Crippen LogP contribution >= 0.6 is 79.6 Å². The molecule has 6 heterocycles. The van der Waals surface area contributed by atoms with Gasteiger partial charge in [0.1, 0.15) is 62.9 Å². The summed E-state index contributed by atoms with van der Waals surface area (Å²) < 4.78 is 182. The van der Waals surface area contributed by atoms with Crippen LogP contribution in [0.2, 0.25) is 0 Å². The Kier molecular flexibility index (Phi) is 26.5. The SMILES string of the molecule is Brc1ccc(Br)nc1.C.CCOCC.F.Fc1ccc(C2(C(F)(F)c3ccc(Br)cn3)CO2)c(F)c1.O=C(c1ccc(F)cc1F)C(F)(F)c1ccc(Br)cn1.OC(Cn1cnnn1)(c1ccc(F)cc1F)C(F)(F)c1ccc(Br)cn1. The van der Waals surface area contributed by atoms with Crippen molar-refractivity contribution >= 4 is 85.4 Å². The van der Waals surface area contributed by atoms with Gasteiger partial charge in [-0.3, -0.25) is 24.5 Å². The predicted octanol–water partition coefficient (Wildman–Crippen LogP) is 15.5. The number of alkyl halides is 6. The largest absolute Gasteiger partial charge is 0.382 e. The van der Waals surface area contributed by atoms with E-state index in [4.69, 9.17) is 9.47 Å². The first-order chi connectivity index (χ1) is 37.6. The number of aliphatic hydroxyl groups is 1. The summed E-state index contributed by atoms with van der Waals surface area (Å²) in [6.07, 6.45) is 6.15. The highest BCUT2D eigenvalue weighted by molar-refractivity contribution is 9.11. The van der Waals surface area contributed by atoms with E-state index in [-0.39, 0.29) is 24.3 Å². The third kappa shape index (κ3) is 17.7. The number of ether oxygens (including phenoxy) is 2. The smallest absolute Gasteiger partial charge is 0.351 e. The first-order valence-corrected chi connectivity index (χ1v) is 26.4. The molecule has 2 unspecified atom stereocenters. The molecule has 0 bridgehead atoms. The number of ketones is 1. The van der Waals surface area contributed by atoms with Crippen molar-refractivity contribution in [2.24, 2.45) is 0 Å². The molecule has 1 aliphatic rings. The van der Waals surface area contributed by atoms with Gasteiger partial charge < -0.3 is 14.6 Å². The van der Waals surface area contributed by atoms with E-state index in [0.29, 0.717) is 37.7 Å². The van der Waals surface area contributed by atoms with Gasteiger partial charge >= 0.3 is 17.8 Å². The Bertz CT molecular complexity index is 3290. The van der Waals surface area contributed by atoms with E-state index in [1.165, 1.54) is 24.4 Å². The van der Waals surface area contributed by atoms with Crippen LogP contribution in [0.25, 0.3) is 0 Å². The molecule has 0 spiro atoms. The molecule has 1 fully saturated rings. The van der Waals surface area contributed by atoms with Crippen molar-refractivity contribution in [2.75, 3.05) is 19.8 Å². The van der Waals surface area contributed by atoms with Crippen LogP contribution in [0.4, 0.5) is 57.4 Å². The van der Waals surface area contributed by atoms with Crippen molar-refractivity contribution in [3.05, 3.63) is 225 Å². The number of Topliss-reactive ketones (excluding diaryl/α,β-unsaturated/α-hetero) is 1. The summed E-state index contributed by atoms with van der Waals surface area (Å²) in [4.78, 5) is 26.4. The molecule has 5 aromatic heterocycles. The van der Waals surface area contributed by atoms with Crippen LogP contribution in [0, 0.1) is 34.9 Å². The van der Waals surface area contributed by atoms with Gasteiger partial charge in [0.25, 0.3) is 0 Å². The molecule has 12 nitrogen and oxygen atoms in total. The number of carbonyl (C=O) groups is 1. The molecule has 0 saturated carbocycles. The van der Waals surface area contributed by atoms with E-state index in [1.807, 2.05) is 26.0 Å². The topological polar surface area (TPSA) is 154 Å². The summed E-state index contributed by atoms with van der Waals surface area (Å²) in [5, 5.41) is 20.9. The highest BCUT2D eigenvalue weighted by Crippen LogP contribution is 2.56. The zero-order chi connectivity index (χ0) is 59.2. The van der Waals surface area contributed by atoms with E-state index in [9.17, 15) is 53.8 Å². The molecule has 440 valence electrons. The zero-order valence-electron chi connectivity index (χ0n) is 41.1. The van der Waals surface area contributed by atoms with Crippen LogP contribution in [-0.4, -0.2) is 70.9 Å². The van der Waals surface area contributed by atoms with Crippen molar-refractivity contribution in [1.29, 1.82) is 0 Å². The lowest BCUT2D eigenvalue weighted by Gasteiger charge is -2.35. The van der Waals surface area contributed by atoms with E-state index in [1.54, 1.807) is 6.20 Å². The fourth-order valence-electron chi connectivity index (χ4n) is 6.69. The van der Waals surface area contributed by atoms with Crippen molar-refractivity contribution < 1.29 is 76.8 Å². The van der Waals surface area contributed by atoms with Gasteiger partial charge in [-0.1, -0.05) is 7.43 Å². The number of tetrazole rings is 1. The minimum atomic E-state index is -4.06. The molecule has 0 amide bonds. The van der Waals surface area contributed by atoms with Crippen molar-refractivity contribution in [3.8, 4) is 0 Å². The minimum Gasteiger partial charge on any atom is -0.382 e. The number of nitrogens with zero attached hydrogens (tertiary/aromatic N) is 8. The summed E-state index contributed by atoms with van der Waals surface area (Å²) in [6.45, 7) is 4.41. The van der Waals surface area contributed by atoms with E-state index < -0.39 is 104 Å². The van der Waals surface area contributed by atoms with Crippen molar-refractivity contribution in [1.82, 2.24) is 40.1 Å². The quantitative estimate of drug-likeness (QED) is 0.0508. The van der Waals surface area contributed by atoms with Gasteiger partial charge in [-0.05, 0) is 189 Å². The number of benzene rings is 3. The number of hydrogen-bond donors (Lipinski definition) is 1. The molecule has 1 aliphatic heterocycles. The maximum absolute atomic E-state index is 15.2. The maximum Gasteiger partial charge on any atom is 0.351 e. The lowest BCUT2D eigenvalue weighted by molar-refractivity contribution is -0.207. The first-order valence-electron chi connectivity index (χ1n) is 22.5. The zero-order valence-corrected chi connectivity index (χ0v) is 49.0. The lowest BCUT2D eigenvalue weighted by Crippen LogP contribution is -2.48. The van der Waals surface area contributed by atoms with Crippen molar-refractivity contribution in [2.45, 2.75) is 56.8 Å². The van der Waals surface area contributed by atoms with Gasteiger partial charge in [0.2, 0.25) is 5.78 Å². The van der Waals surface area contributed by atoms with Crippen LogP contribution < -0.4 is 0 Å². The summed E-state index contributed by atoms with van der Waals surface area (Å²) in [5.74, 6) is -19.9. The van der Waals surface area contributed by atoms with Crippen molar-refractivity contribution in [3.63, 3.8) is 0 Å². The molecule has 82 heavy (non-hydrogen) atoms. The van der Waals surface area contributed by atoms with Crippen LogP contribution in [0.5, 0.6) is 0 Å². The lowest BCUT2D eigenvalue weighted by atomic mass is 9.84. The van der Waals surface area contributed by atoms with Gasteiger partial charge in [0.15, 0.2) is 11.2 Å². The van der Waals surface area contributed by atoms with Crippen LogP contribution in [0.15, 0.2) is 157 Å². The number of pyridine rings is 4. The van der Waals surface area contributed by atoms with Gasteiger partial charge in [-0.25, -0.2) is 36.0 Å². The fraction of sp³-hybridized carbons (Fsp3) is 0.231. The second-order valence-corrected chi connectivity index (χ2v) is 20.5. The monoisotopic (exact) mass is 1480 g/mol. The number of halogens is 18. The van der Waals surface area contributed by atoms with Gasteiger partial charge in [-0.2, -0.15) is 26.3 Å². The van der Waals surface area contributed by atoms with E-state index in [2.05, 4.69) is 115 Å². The summed E-state index contributed by atoms with van der Waals surface area (Å²) in [7, 11) is 0. The number of aromatic nitrogens is 8. The summed E-state index contributed by atoms with van der Waals surface area (Å²) in [6, 6.07) is 17.0. The third-order valence-electron chi connectivity index (χ3n) is 10.7. The second-order valence-electron chi connectivity index (χ2n) is 16.1. The highest BCUT2D eigenvalue weighted by Gasteiger charge is 2.68. The average molecular weight is 1490 g/mol. The summed E-state index contributed by atoms with van der Waals surface area (Å²) in [5.41, 5.74) is -9.50. The Balaban J connectivity index is 0.000000289. The molecule has 0 radical (unpaired) electrons. The first kappa shape index (κ1) is 70.6. The molecule has 3 aromatic carbocycles. The van der Waals surface area contributed by atoms with Crippen LogP contribution in [0.3, 0.4) is 0 Å². The average Bonchev–Trinajstić information content (AvgIpc) is 2.17. The van der Waals surface area contributed by atoms with Gasteiger partial charge in [-0.15, -0.1) is 5.10 Å². The molecular formula is C52H42Br5F13N8O4. The van der Waals surface area contributed by atoms with Crippen LogP contribution in [0.1, 0.15) is 59.8 Å². The molecule has 2 atom stereocenters. The number of rotatable bonds is 13. The number of carbonyl (C=O) groups excluding carboxylic acids is 1. The molecule has 8 aromatic rings. The number of epoxide rings is 1. The van der Waals surface area contributed by atoms with Crippen LogP contribution in [-0.2, 0) is 45.0 Å². The molecular weight excluding hydrogens is 1450 g/mol. The minimum absolute atomic E-state index is 0. The molecule has 9 rings (SSSR count). The van der Waals surface area contributed by atoms with Gasteiger partial charge in [0.05, 0.1) is 18.7 Å². The maximum atomic E-state index is 15.2. The Morgan fingerprint density at radius 3 is 1.50 bits per heavy atom. The molecule has 30 heteroatoms. The Morgan fingerprint density at radius 2 is 1.10 bits per heavy atom. The predicted molar refractivity (Wildman–Crippen MR) is 291 cm³/mol. The van der Waals surface area contributed by atoms with Gasteiger partial charge in [0, 0.05) is 85.2 Å². The molecule has 0 aliphatic carbocycles. The number of hydrogen-bond acceptors (Lipinski definition) is 11. The van der Waals surface area contributed by atoms with E-state index in [0.717, 1.165) is 94.2 Å². The van der Waals surface area contributed by atoms with E-state index >= 15 is 8.78 Å². The Morgan fingerprint density at radius 1 is 0.634 bits per heavy atom.